The zero-order valence-electron chi connectivity index (χ0n) is 18.7. The number of nitrogens with zero attached hydrogens (tertiary/aromatic N) is 6. The molecule has 0 bridgehead atoms. The van der Waals surface area contributed by atoms with Crippen molar-refractivity contribution < 1.29 is 9.47 Å². The van der Waals surface area contributed by atoms with Gasteiger partial charge in [0, 0.05) is 70.9 Å². The summed E-state index contributed by atoms with van der Waals surface area (Å²) in [4.78, 5) is 18.0. The highest BCUT2D eigenvalue weighted by atomic mass is 35.5. The maximum Gasteiger partial charge on any atom is 0.225 e. The lowest BCUT2D eigenvalue weighted by Crippen LogP contribution is -2.36. The Morgan fingerprint density at radius 3 is 2.03 bits per heavy atom. The number of ether oxygens (including phenoxy) is 2. The minimum absolute atomic E-state index is 0.173. The first-order valence-electron chi connectivity index (χ1n) is 11.0. The molecule has 8 nitrogen and oxygen atoms in total. The van der Waals surface area contributed by atoms with Gasteiger partial charge in [-0.15, -0.1) is 0 Å². The number of rotatable bonds is 6. The molecule has 2 aromatic heterocycles. The van der Waals surface area contributed by atoms with Crippen LogP contribution in [-0.4, -0.2) is 95.0 Å². The van der Waals surface area contributed by atoms with E-state index in [2.05, 4.69) is 47.1 Å². The van der Waals surface area contributed by atoms with Gasteiger partial charge in [-0.1, -0.05) is 11.8 Å². The molecule has 2 aliphatic heterocycles. The number of hydrogen-bond acceptors (Lipinski definition) is 9. The minimum atomic E-state index is 0.173. The van der Waals surface area contributed by atoms with E-state index in [1.165, 1.54) is 23.5 Å². The summed E-state index contributed by atoms with van der Waals surface area (Å²) in [5.41, 5.74) is 1.39. The molecule has 0 N–H and O–H groups in total. The van der Waals surface area contributed by atoms with E-state index in [9.17, 15) is 0 Å². The van der Waals surface area contributed by atoms with Crippen molar-refractivity contribution in [2.75, 3.05) is 65.7 Å². The molecule has 0 unspecified atom stereocenters. The lowest BCUT2D eigenvalue weighted by molar-refractivity contribution is 0.0389. The summed E-state index contributed by atoms with van der Waals surface area (Å²) in [7, 11) is 1.94. The van der Waals surface area contributed by atoms with Crippen LogP contribution in [0.2, 0.25) is 5.28 Å². The number of halogens is 1. The molecule has 0 atom stereocenters. The van der Waals surface area contributed by atoms with E-state index in [0.717, 1.165) is 89.2 Å². The summed E-state index contributed by atoms with van der Waals surface area (Å²) in [6.07, 6.45) is 1.63. The van der Waals surface area contributed by atoms with E-state index in [0.29, 0.717) is 10.7 Å². The molecule has 176 valence electrons. The molecule has 4 heterocycles. The van der Waals surface area contributed by atoms with Crippen LogP contribution in [0.4, 0.5) is 0 Å². The second kappa shape index (κ2) is 12.8. The maximum absolute atomic E-state index is 6.15. The molecule has 0 radical (unpaired) electrons. The third kappa shape index (κ3) is 7.24. The largest absolute Gasteiger partial charge is 0.379 e. The second-order valence-corrected chi connectivity index (χ2v) is 9.50. The van der Waals surface area contributed by atoms with Crippen LogP contribution in [0.1, 0.15) is 12.8 Å². The number of hydrogen-bond donors (Lipinski definition) is 0. The first-order chi connectivity index (χ1) is 16.2. The highest BCUT2D eigenvalue weighted by molar-refractivity contribution is 8.04. The van der Waals surface area contributed by atoms with Crippen LogP contribution in [0.3, 0.4) is 0 Å². The number of aryl methyl sites for hydroxylation is 1. The predicted octanol–water partition coefficient (Wildman–Crippen LogP) is 2.57. The Kier molecular flexibility index (Phi) is 9.56. The Bertz CT molecular complexity index is 1060. The Balaban J connectivity index is 1.35. The molecule has 2 saturated heterocycles. The fraction of sp³-hybridized carbons (Fsp3) is 0.591. The van der Waals surface area contributed by atoms with Crippen molar-refractivity contribution in [2.24, 2.45) is 7.05 Å². The van der Waals surface area contributed by atoms with Gasteiger partial charge in [0.25, 0.3) is 0 Å². The highest BCUT2D eigenvalue weighted by Crippen LogP contribution is 2.29. The van der Waals surface area contributed by atoms with Crippen LogP contribution in [0.15, 0.2) is 10.2 Å². The van der Waals surface area contributed by atoms with Gasteiger partial charge in [0.05, 0.1) is 26.4 Å². The number of thioether (sulfide) groups is 2. The van der Waals surface area contributed by atoms with E-state index in [1.807, 2.05) is 11.6 Å². The number of aromatic nitrogens is 4. The average Bonchev–Trinajstić information content (AvgIpc) is 3.15. The van der Waals surface area contributed by atoms with E-state index >= 15 is 0 Å². The van der Waals surface area contributed by atoms with E-state index in [4.69, 9.17) is 21.1 Å². The first kappa shape index (κ1) is 24.6. The maximum atomic E-state index is 6.15. The average molecular weight is 507 g/mol. The van der Waals surface area contributed by atoms with Gasteiger partial charge >= 0.3 is 0 Å². The smallest absolute Gasteiger partial charge is 0.225 e. The van der Waals surface area contributed by atoms with E-state index in [1.54, 1.807) is 0 Å². The van der Waals surface area contributed by atoms with Gasteiger partial charge in [0.2, 0.25) is 5.28 Å². The normalized spacial score (nSPS) is 17.4. The molecule has 0 spiro atoms. The molecule has 0 amide bonds. The molecule has 0 saturated carbocycles. The molecule has 11 heteroatoms. The summed E-state index contributed by atoms with van der Waals surface area (Å²) >= 11 is 8.91. The van der Waals surface area contributed by atoms with Gasteiger partial charge in [-0.05, 0) is 33.9 Å². The lowest BCUT2D eigenvalue weighted by Gasteiger charge is -2.25. The third-order valence-electron chi connectivity index (χ3n) is 5.38. The van der Waals surface area contributed by atoms with Crippen molar-refractivity contribution in [2.45, 2.75) is 23.0 Å². The first-order valence-corrected chi connectivity index (χ1v) is 13.0. The van der Waals surface area contributed by atoms with Crippen molar-refractivity contribution >= 4 is 46.3 Å². The monoisotopic (exact) mass is 506 g/mol. The molecule has 2 fully saturated rings. The number of imidazole rings is 1. The van der Waals surface area contributed by atoms with Crippen molar-refractivity contribution in [1.82, 2.24) is 29.3 Å². The molecular formula is C22H27ClN6O2S2. The molecule has 33 heavy (non-hydrogen) atoms. The van der Waals surface area contributed by atoms with Gasteiger partial charge in [0.15, 0.2) is 10.8 Å². The Hall–Kier alpha value is -1.50. The Morgan fingerprint density at radius 2 is 1.42 bits per heavy atom. The van der Waals surface area contributed by atoms with Gasteiger partial charge in [-0.25, -0.2) is 9.97 Å². The van der Waals surface area contributed by atoms with Crippen LogP contribution in [-0.2, 0) is 16.5 Å². The number of fused-ring (bicyclic) bond motifs is 1. The highest BCUT2D eigenvalue weighted by Gasteiger charge is 2.16. The minimum Gasteiger partial charge on any atom is -0.379 e. The topological polar surface area (TPSA) is 68.5 Å². The van der Waals surface area contributed by atoms with Crippen LogP contribution < -0.4 is 0 Å². The van der Waals surface area contributed by atoms with Crippen molar-refractivity contribution in [3.05, 3.63) is 5.28 Å². The summed E-state index contributed by atoms with van der Waals surface area (Å²) in [6, 6.07) is 0. The molecule has 2 aliphatic rings. The molecule has 2 aromatic rings. The zero-order chi connectivity index (χ0) is 22.9. The van der Waals surface area contributed by atoms with Crippen LogP contribution in [0.5, 0.6) is 0 Å². The lowest BCUT2D eigenvalue weighted by atomic mass is 10.3. The van der Waals surface area contributed by atoms with Gasteiger partial charge in [-0.3, -0.25) is 9.80 Å². The third-order valence-corrected chi connectivity index (χ3v) is 7.07. The van der Waals surface area contributed by atoms with E-state index < -0.39 is 0 Å². The second-order valence-electron chi connectivity index (χ2n) is 7.59. The summed E-state index contributed by atoms with van der Waals surface area (Å²) in [5.74, 6) is 6.45. The van der Waals surface area contributed by atoms with Crippen molar-refractivity contribution in [3.63, 3.8) is 0 Å². The van der Waals surface area contributed by atoms with E-state index in [-0.39, 0.29) is 5.28 Å². The van der Waals surface area contributed by atoms with Crippen molar-refractivity contribution in [3.8, 4) is 22.3 Å². The summed E-state index contributed by atoms with van der Waals surface area (Å²) in [5, 5.41) is 7.98. The van der Waals surface area contributed by atoms with Crippen LogP contribution in [0.25, 0.3) is 11.2 Å². The van der Waals surface area contributed by atoms with Gasteiger partial charge in [-0.2, -0.15) is 4.98 Å². The molecule has 4 rings (SSSR count). The zero-order valence-corrected chi connectivity index (χ0v) is 21.1. The van der Waals surface area contributed by atoms with Gasteiger partial charge < -0.3 is 14.0 Å². The fourth-order valence-corrected chi connectivity index (χ4v) is 5.11. The number of morpholine rings is 2. The Labute approximate surface area is 208 Å². The molecular weight excluding hydrogens is 480 g/mol. The fourth-order valence-electron chi connectivity index (χ4n) is 3.54. The molecule has 0 aromatic carbocycles. The van der Waals surface area contributed by atoms with Crippen LogP contribution >= 0.6 is 35.1 Å². The SMILES string of the molecule is Cn1c(SC#CCCN2CCOCC2)nc2nc(Cl)nc(SC#CCCN3CCOCC3)c21. The standard InChI is InChI=1S/C22H27ClN6O2S2/c1-27-18-19(25-22(27)33-17-5-3-7-29-10-14-31-15-11-29)24-21(23)26-20(18)32-16-4-2-6-28-8-12-30-13-9-28/h2-3,6-15H2,1H3. The predicted molar refractivity (Wildman–Crippen MR) is 132 cm³/mol. The van der Waals surface area contributed by atoms with Crippen LogP contribution in [0, 0.1) is 22.3 Å². The summed E-state index contributed by atoms with van der Waals surface area (Å²) < 4.78 is 12.7. The quantitative estimate of drug-likeness (QED) is 0.254. The summed E-state index contributed by atoms with van der Waals surface area (Å²) in [6.45, 7) is 9.06. The van der Waals surface area contributed by atoms with Crippen molar-refractivity contribution in [1.29, 1.82) is 0 Å². The van der Waals surface area contributed by atoms with Gasteiger partial charge in [0.1, 0.15) is 10.5 Å². The Morgan fingerprint density at radius 1 is 0.848 bits per heavy atom. The molecule has 0 aliphatic carbocycles.